The summed E-state index contributed by atoms with van der Waals surface area (Å²) in [7, 11) is -2.04. The van der Waals surface area contributed by atoms with Crippen LogP contribution in [0.2, 0.25) is 5.02 Å². The first-order valence-corrected chi connectivity index (χ1v) is 10.00. The van der Waals surface area contributed by atoms with E-state index in [1.807, 2.05) is 4.90 Å². The van der Waals surface area contributed by atoms with Crippen LogP contribution in [0.5, 0.6) is 0 Å². The number of carbonyl (C=O) groups is 1. The van der Waals surface area contributed by atoms with E-state index in [0.29, 0.717) is 17.9 Å². The summed E-state index contributed by atoms with van der Waals surface area (Å²) in [5.74, 6) is -0.932. The monoisotopic (exact) mass is 409 g/mol. The van der Waals surface area contributed by atoms with Crippen molar-refractivity contribution in [2.24, 2.45) is 4.40 Å². The fourth-order valence-corrected chi connectivity index (χ4v) is 4.06. The normalized spacial score (nSPS) is 16.0. The van der Waals surface area contributed by atoms with Crippen LogP contribution in [-0.2, 0) is 10.0 Å². The van der Waals surface area contributed by atoms with Gasteiger partial charge in [0.25, 0.3) is 15.9 Å². The molecule has 2 aromatic rings. The summed E-state index contributed by atoms with van der Waals surface area (Å²) in [6, 6.07) is 9.46. The molecule has 0 bridgehead atoms. The lowest BCUT2D eigenvalue weighted by Gasteiger charge is -2.11. The number of halogens is 2. The van der Waals surface area contributed by atoms with Crippen molar-refractivity contribution in [1.82, 2.24) is 4.90 Å². The number of rotatable bonds is 4. The van der Waals surface area contributed by atoms with Gasteiger partial charge in [-0.25, -0.2) is 4.39 Å². The summed E-state index contributed by atoms with van der Waals surface area (Å²) in [4.78, 5) is 14.0. The van der Waals surface area contributed by atoms with E-state index < -0.39 is 21.7 Å². The molecule has 27 heavy (non-hydrogen) atoms. The summed E-state index contributed by atoms with van der Waals surface area (Å²) >= 11 is 5.87. The van der Waals surface area contributed by atoms with E-state index >= 15 is 0 Å². The summed E-state index contributed by atoms with van der Waals surface area (Å²) in [6.07, 6.45) is 1.49. The molecule has 1 fully saturated rings. The number of anilines is 1. The zero-order valence-corrected chi connectivity index (χ0v) is 16.0. The highest BCUT2D eigenvalue weighted by Crippen LogP contribution is 2.22. The van der Waals surface area contributed by atoms with Crippen LogP contribution in [-0.4, -0.2) is 38.7 Å². The number of likely N-dealkylation sites (tertiary alicyclic amines) is 1. The van der Waals surface area contributed by atoms with E-state index in [1.54, 1.807) is 7.05 Å². The lowest BCUT2D eigenvalue weighted by Crippen LogP contribution is -2.20. The molecule has 1 amide bonds. The van der Waals surface area contributed by atoms with Crippen LogP contribution in [0.25, 0.3) is 0 Å². The lowest BCUT2D eigenvalue weighted by molar-refractivity contribution is 0.102. The van der Waals surface area contributed by atoms with Gasteiger partial charge in [0.15, 0.2) is 0 Å². The van der Waals surface area contributed by atoms with Crippen molar-refractivity contribution in [1.29, 1.82) is 0 Å². The number of hydrogen-bond donors (Lipinski definition) is 1. The molecule has 6 nitrogen and oxygen atoms in total. The topological polar surface area (TPSA) is 78.8 Å². The van der Waals surface area contributed by atoms with E-state index in [-0.39, 0.29) is 15.5 Å². The van der Waals surface area contributed by atoms with Crippen LogP contribution in [0.1, 0.15) is 23.2 Å². The number of benzene rings is 2. The smallest absolute Gasteiger partial charge is 0.283 e. The van der Waals surface area contributed by atoms with Crippen LogP contribution in [0, 0.1) is 5.82 Å². The molecule has 9 heteroatoms. The number of amides is 1. The quantitative estimate of drug-likeness (QED) is 0.837. The van der Waals surface area contributed by atoms with Gasteiger partial charge in [-0.15, -0.1) is 4.40 Å². The van der Waals surface area contributed by atoms with Crippen molar-refractivity contribution in [3.8, 4) is 0 Å². The second-order valence-corrected chi connectivity index (χ2v) is 8.09. The van der Waals surface area contributed by atoms with Gasteiger partial charge in [0.05, 0.1) is 15.5 Å². The summed E-state index contributed by atoms with van der Waals surface area (Å²) < 4.78 is 42.5. The standard InChI is InChI=1S/C18H17ClFN3O3S/c1-23-11-3-6-16(23)22-27(25,26)13-9-7-12(8-10-13)21-18(24)17-14(19)4-2-5-15(17)20/h2,4-5,7-10H,3,6,11H2,1H3,(H,21,24)/b22-16-. The van der Waals surface area contributed by atoms with Crippen molar-refractivity contribution in [2.75, 3.05) is 18.9 Å². The molecule has 1 aliphatic rings. The number of nitrogens with one attached hydrogen (secondary N) is 1. The van der Waals surface area contributed by atoms with Gasteiger partial charge in [-0.1, -0.05) is 17.7 Å². The molecule has 3 rings (SSSR count). The van der Waals surface area contributed by atoms with Crippen molar-refractivity contribution < 1.29 is 17.6 Å². The van der Waals surface area contributed by atoms with E-state index in [1.165, 1.54) is 36.4 Å². The van der Waals surface area contributed by atoms with E-state index in [2.05, 4.69) is 9.71 Å². The predicted molar refractivity (Wildman–Crippen MR) is 102 cm³/mol. The first kappa shape index (κ1) is 19.3. The van der Waals surface area contributed by atoms with Gasteiger partial charge in [-0.3, -0.25) is 4.79 Å². The Bertz CT molecular complexity index is 987. The number of sulfonamides is 1. The number of amidine groups is 1. The minimum absolute atomic E-state index is 0.0109. The fourth-order valence-electron chi connectivity index (χ4n) is 2.72. The van der Waals surface area contributed by atoms with Gasteiger partial charge in [0.1, 0.15) is 11.7 Å². The van der Waals surface area contributed by atoms with Crippen molar-refractivity contribution in [3.63, 3.8) is 0 Å². The minimum Gasteiger partial charge on any atom is -0.362 e. The zero-order valence-electron chi connectivity index (χ0n) is 14.4. The second kappa shape index (κ2) is 7.66. The first-order valence-electron chi connectivity index (χ1n) is 8.18. The van der Waals surface area contributed by atoms with Gasteiger partial charge in [-0.2, -0.15) is 8.42 Å². The molecule has 142 valence electrons. The third-order valence-corrected chi connectivity index (χ3v) is 5.79. The average molecular weight is 410 g/mol. The Morgan fingerprint density at radius 3 is 2.52 bits per heavy atom. The summed E-state index contributed by atoms with van der Waals surface area (Å²) in [5.41, 5.74) is 0.0374. The van der Waals surface area contributed by atoms with E-state index in [4.69, 9.17) is 11.6 Å². The Morgan fingerprint density at radius 2 is 1.93 bits per heavy atom. The van der Waals surface area contributed by atoms with Gasteiger partial charge in [0.2, 0.25) is 0 Å². The highest BCUT2D eigenvalue weighted by Gasteiger charge is 2.21. The molecule has 1 heterocycles. The molecule has 0 atom stereocenters. The molecule has 2 aromatic carbocycles. The van der Waals surface area contributed by atoms with E-state index in [9.17, 15) is 17.6 Å². The molecule has 0 unspecified atom stereocenters. The fraction of sp³-hybridized carbons (Fsp3) is 0.222. The summed E-state index contributed by atoms with van der Waals surface area (Å²) in [5, 5.41) is 2.49. The Morgan fingerprint density at radius 1 is 1.22 bits per heavy atom. The third-order valence-electron chi connectivity index (χ3n) is 4.16. The van der Waals surface area contributed by atoms with Gasteiger partial charge < -0.3 is 10.2 Å². The van der Waals surface area contributed by atoms with Gasteiger partial charge in [0, 0.05) is 25.7 Å². The first-order chi connectivity index (χ1) is 12.8. The Kier molecular flexibility index (Phi) is 5.48. The molecule has 0 aliphatic carbocycles. The number of nitrogens with zero attached hydrogens (tertiary/aromatic N) is 2. The maximum Gasteiger partial charge on any atom is 0.283 e. The Hall–Kier alpha value is -2.45. The molecule has 1 aliphatic heterocycles. The molecule has 1 N–H and O–H groups in total. The highest BCUT2D eigenvalue weighted by atomic mass is 35.5. The van der Waals surface area contributed by atoms with Crippen molar-refractivity contribution in [3.05, 3.63) is 58.9 Å². The maximum atomic E-state index is 13.8. The third kappa shape index (κ3) is 4.28. The molecule has 0 saturated carbocycles. The number of hydrogen-bond acceptors (Lipinski definition) is 3. The van der Waals surface area contributed by atoms with Crippen LogP contribution in [0.3, 0.4) is 0 Å². The van der Waals surface area contributed by atoms with Gasteiger partial charge in [-0.05, 0) is 42.8 Å². The molecule has 0 radical (unpaired) electrons. The molecular formula is C18H17ClFN3O3S. The van der Waals surface area contributed by atoms with Crippen LogP contribution in [0.4, 0.5) is 10.1 Å². The maximum absolute atomic E-state index is 13.8. The minimum atomic E-state index is -3.83. The zero-order chi connectivity index (χ0) is 19.6. The lowest BCUT2D eigenvalue weighted by atomic mass is 10.2. The predicted octanol–water partition coefficient (Wildman–Crippen LogP) is 3.54. The van der Waals surface area contributed by atoms with Crippen molar-refractivity contribution >= 4 is 39.1 Å². The second-order valence-electron chi connectivity index (χ2n) is 6.08. The molecule has 0 aromatic heterocycles. The Balaban J connectivity index is 1.78. The molecular weight excluding hydrogens is 393 g/mol. The highest BCUT2D eigenvalue weighted by molar-refractivity contribution is 7.90. The number of carbonyl (C=O) groups excluding carboxylic acids is 1. The average Bonchev–Trinajstić information content (AvgIpc) is 2.99. The molecule has 0 spiro atoms. The van der Waals surface area contributed by atoms with Gasteiger partial charge >= 0.3 is 0 Å². The van der Waals surface area contributed by atoms with Crippen LogP contribution < -0.4 is 5.32 Å². The largest absolute Gasteiger partial charge is 0.362 e. The van der Waals surface area contributed by atoms with E-state index in [0.717, 1.165) is 19.0 Å². The Labute approximate surface area is 161 Å². The SMILES string of the molecule is CN1CCC/C1=N/S(=O)(=O)c1ccc(NC(=O)c2c(F)cccc2Cl)cc1. The summed E-state index contributed by atoms with van der Waals surface area (Å²) in [6.45, 7) is 0.776. The molecule has 1 saturated heterocycles. The van der Waals surface area contributed by atoms with Crippen LogP contribution >= 0.6 is 11.6 Å². The van der Waals surface area contributed by atoms with Crippen LogP contribution in [0.15, 0.2) is 51.8 Å². The van der Waals surface area contributed by atoms with Crippen molar-refractivity contribution in [2.45, 2.75) is 17.7 Å².